The molecule has 1 unspecified atom stereocenters. The largest absolute Gasteiger partial charge is 0.465 e. The SMILES string of the molecule is COC(=O)c1ccc2c(c1Br)CCCC2(O)c1ncc(-c2cc(C)cc(Nc3cc(C(F)(F)F)ccn3)n2)s1.COC(=O)c1ccc2c(c1Br)CCCC2=O.Cc1cc(Nc2cc(C(F)(F)F)ccn2)nc(-c2cncs2)c1. The Labute approximate surface area is 467 Å². The van der Waals surface area contributed by atoms with Crippen molar-refractivity contribution in [1.29, 1.82) is 0 Å². The first-order chi connectivity index (χ1) is 37.1. The maximum absolute atomic E-state index is 13.1. The second-order valence-corrected chi connectivity index (χ2v) is 21.2. The highest BCUT2D eigenvalue weighted by molar-refractivity contribution is 9.11. The van der Waals surface area contributed by atoms with Crippen molar-refractivity contribution in [3.05, 3.63) is 173 Å². The van der Waals surface area contributed by atoms with Gasteiger partial charge in [0.15, 0.2) is 5.78 Å². The van der Waals surface area contributed by atoms with Gasteiger partial charge < -0.3 is 25.2 Å². The monoisotopic (exact) mass is 1240 g/mol. The topological polar surface area (TPSA) is 191 Å². The fourth-order valence-electron chi connectivity index (χ4n) is 8.61. The summed E-state index contributed by atoms with van der Waals surface area (Å²) in [5.41, 5.74) is 5.81. The van der Waals surface area contributed by atoms with Gasteiger partial charge in [-0.05, 0) is 166 Å². The Bertz CT molecular complexity index is 3550. The molecule has 6 aromatic heterocycles. The molecule has 6 heterocycles. The van der Waals surface area contributed by atoms with Crippen molar-refractivity contribution in [3.8, 4) is 21.1 Å². The van der Waals surface area contributed by atoms with Gasteiger partial charge >= 0.3 is 24.3 Å². The van der Waals surface area contributed by atoms with Gasteiger partial charge in [0, 0.05) is 45.7 Å². The number of alkyl halides is 6. The van der Waals surface area contributed by atoms with E-state index in [0.29, 0.717) is 84.2 Å². The van der Waals surface area contributed by atoms with Crippen molar-refractivity contribution in [2.24, 2.45) is 0 Å². The second kappa shape index (κ2) is 23.9. The summed E-state index contributed by atoms with van der Waals surface area (Å²) in [6.07, 6.45) is 0.701. The number of ketones is 1. The van der Waals surface area contributed by atoms with E-state index < -0.39 is 35.0 Å². The minimum absolute atomic E-state index is 0.0175. The number of Topliss-reactive ketones (excluding diaryl/α,β-unsaturated/α-hetero) is 1. The third kappa shape index (κ3) is 13.1. The molecule has 0 spiro atoms. The number of hydrogen-bond donors (Lipinski definition) is 3. The minimum atomic E-state index is -4.49. The van der Waals surface area contributed by atoms with Gasteiger partial charge in [0.25, 0.3) is 0 Å². The smallest absolute Gasteiger partial charge is 0.416 e. The fraction of sp³-hybridized carbons (Fsp3) is 0.241. The lowest BCUT2D eigenvalue weighted by atomic mass is 9.79. The number of benzene rings is 2. The number of thiazole rings is 2. The van der Waals surface area contributed by atoms with Gasteiger partial charge in [0.1, 0.15) is 33.9 Å². The minimum Gasteiger partial charge on any atom is -0.465 e. The summed E-state index contributed by atoms with van der Waals surface area (Å²) in [4.78, 5) is 62.2. The third-order valence-electron chi connectivity index (χ3n) is 12.3. The van der Waals surface area contributed by atoms with E-state index in [4.69, 9.17) is 4.74 Å². The summed E-state index contributed by atoms with van der Waals surface area (Å²) in [6, 6.07) is 17.6. The molecule has 0 bridgehead atoms. The fourth-order valence-corrected chi connectivity index (χ4v) is 11.6. The molecule has 8 aromatic rings. The number of aromatic nitrogens is 6. The van der Waals surface area contributed by atoms with Crippen LogP contribution < -0.4 is 10.6 Å². The van der Waals surface area contributed by atoms with Crippen LogP contribution in [0.4, 0.5) is 49.6 Å². The molecule has 0 amide bonds. The number of halogens is 8. The number of pyridine rings is 4. The number of nitrogens with zero attached hydrogens (tertiary/aromatic N) is 6. The number of carbonyl (C=O) groups excluding carboxylic acids is 3. The number of nitrogens with one attached hydrogen (secondary N) is 2. The second-order valence-electron chi connectivity index (χ2n) is 17.7. The number of aliphatic hydroxyl groups is 1. The quantitative estimate of drug-likeness (QED) is 0.0913. The van der Waals surface area contributed by atoms with E-state index in [1.54, 1.807) is 54.3 Å². The molecular weight excluding hydrogens is 1190 g/mol. The summed E-state index contributed by atoms with van der Waals surface area (Å²) < 4.78 is 88.4. The van der Waals surface area contributed by atoms with Crippen LogP contribution in [-0.2, 0) is 40.3 Å². The van der Waals surface area contributed by atoms with E-state index in [-0.39, 0.29) is 23.4 Å². The third-order valence-corrected chi connectivity index (χ3v) is 16.0. The maximum atomic E-state index is 13.1. The molecular formula is C54H44Br2F6N8O6S2. The highest BCUT2D eigenvalue weighted by atomic mass is 79.9. The van der Waals surface area contributed by atoms with Crippen LogP contribution in [0.3, 0.4) is 0 Å². The van der Waals surface area contributed by atoms with Crippen molar-refractivity contribution in [1.82, 2.24) is 29.9 Å². The number of carbonyl (C=O) groups is 3. The molecule has 0 aliphatic heterocycles. The summed E-state index contributed by atoms with van der Waals surface area (Å²) in [5, 5.41) is 18.0. The van der Waals surface area contributed by atoms with E-state index in [2.05, 4.69) is 77.1 Å². The van der Waals surface area contributed by atoms with E-state index in [9.17, 15) is 45.8 Å². The first-order valence-corrected chi connectivity index (χ1v) is 26.8. The Balaban J connectivity index is 0.000000173. The lowest BCUT2D eigenvalue weighted by Crippen LogP contribution is -2.32. The molecule has 0 fully saturated rings. The van der Waals surface area contributed by atoms with E-state index in [1.165, 1.54) is 36.9 Å². The highest BCUT2D eigenvalue weighted by Gasteiger charge is 2.41. The van der Waals surface area contributed by atoms with E-state index in [0.717, 1.165) is 82.2 Å². The molecule has 1 atom stereocenters. The van der Waals surface area contributed by atoms with Crippen LogP contribution in [0.25, 0.3) is 21.1 Å². The molecule has 78 heavy (non-hydrogen) atoms. The van der Waals surface area contributed by atoms with E-state index >= 15 is 0 Å². The molecule has 0 saturated heterocycles. The lowest BCUT2D eigenvalue weighted by molar-refractivity contribution is -0.138. The van der Waals surface area contributed by atoms with Gasteiger partial charge in [-0.3, -0.25) is 9.78 Å². The van der Waals surface area contributed by atoms with Gasteiger partial charge in [0.2, 0.25) is 0 Å². The molecule has 404 valence electrons. The number of aryl methyl sites for hydroxylation is 2. The number of esters is 2. The number of methoxy groups -OCH3 is 2. The molecule has 2 aromatic carbocycles. The Morgan fingerprint density at radius 1 is 0.667 bits per heavy atom. The zero-order valence-corrected chi connectivity index (χ0v) is 46.4. The Morgan fingerprint density at radius 3 is 1.74 bits per heavy atom. The zero-order valence-electron chi connectivity index (χ0n) is 41.6. The molecule has 0 saturated carbocycles. The Morgan fingerprint density at radius 2 is 1.21 bits per heavy atom. The first-order valence-electron chi connectivity index (χ1n) is 23.5. The van der Waals surface area contributed by atoms with Gasteiger partial charge in [-0.25, -0.2) is 34.5 Å². The van der Waals surface area contributed by atoms with Crippen LogP contribution >= 0.6 is 54.5 Å². The number of rotatable bonds is 9. The van der Waals surface area contributed by atoms with Crippen LogP contribution in [0.1, 0.15) is 101 Å². The molecule has 14 nitrogen and oxygen atoms in total. The van der Waals surface area contributed by atoms with Crippen molar-refractivity contribution < 1.29 is 55.3 Å². The van der Waals surface area contributed by atoms with Gasteiger partial charge in [0.05, 0.1) is 63.1 Å². The van der Waals surface area contributed by atoms with Gasteiger partial charge in [-0.15, -0.1) is 22.7 Å². The number of ether oxygens (including phenoxy) is 2. The highest BCUT2D eigenvalue weighted by Crippen LogP contribution is 2.46. The Hall–Kier alpha value is -6.99. The van der Waals surface area contributed by atoms with Crippen LogP contribution in [0.5, 0.6) is 0 Å². The van der Waals surface area contributed by atoms with Crippen molar-refractivity contribution in [2.45, 2.75) is 70.3 Å². The normalized spacial score (nSPS) is 14.9. The van der Waals surface area contributed by atoms with Crippen LogP contribution in [0.2, 0.25) is 0 Å². The predicted molar refractivity (Wildman–Crippen MR) is 289 cm³/mol. The van der Waals surface area contributed by atoms with Crippen molar-refractivity contribution >= 4 is 95.5 Å². The van der Waals surface area contributed by atoms with Crippen LogP contribution in [0.15, 0.2) is 112 Å². The van der Waals surface area contributed by atoms with Crippen molar-refractivity contribution in [2.75, 3.05) is 24.9 Å². The maximum Gasteiger partial charge on any atom is 0.416 e. The zero-order chi connectivity index (χ0) is 56.1. The van der Waals surface area contributed by atoms with Gasteiger partial charge in [-0.1, -0.05) is 12.1 Å². The molecule has 3 N–H and O–H groups in total. The molecule has 2 aliphatic rings. The number of anilines is 4. The van der Waals surface area contributed by atoms with Crippen LogP contribution in [0, 0.1) is 13.8 Å². The summed E-state index contributed by atoms with van der Waals surface area (Å²) in [6.45, 7) is 3.73. The average Bonchev–Trinajstić information content (AvgIpc) is 4.21. The summed E-state index contributed by atoms with van der Waals surface area (Å²) in [7, 11) is 2.66. The number of fused-ring (bicyclic) bond motifs is 2. The first kappa shape index (κ1) is 57.2. The predicted octanol–water partition coefficient (Wildman–Crippen LogP) is 14.2. The average molecular weight is 1240 g/mol. The molecule has 0 radical (unpaired) electrons. The van der Waals surface area contributed by atoms with Crippen LogP contribution in [-0.4, -0.2) is 67.0 Å². The Kier molecular flexibility index (Phi) is 17.6. The summed E-state index contributed by atoms with van der Waals surface area (Å²) >= 11 is 9.62. The molecule has 24 heteroatoms. The molecule has 10 rings (SSSR count). The van der Waals surface area contributed by atoms with Crippen molar-refractivity contribution in [3.63, 3.8) is 0 Å². The van der Waals surface area contributed by atoms with Gasteiger partial charge in [-0.2, -0.15) is 26.3 Å². The molecule has 2 aliphatic carbocycles. The lowest BCUT2D eigenvalue weighted by Gasteiger charge is -2.33. The summed E-state index contributed by atoms with van der Waals surface area (Å²) in [5.74, 6) is 0.168. The number of hydrogen-bond acceptors (Lipinski definition) is 16. The standard InChI is InChI=1S/C27H22BrF3N4O3S.C15H11F3N4S.C12H11BrO3/c1-14-10-19(34-22(11-14)35-21-12-15(7-9-32-21)27(29,30)31)20-13-33-25(39-20)26(37)8-3-4-16-18(26)6-5-17(23(16)28)24(36)38-2;1-9-4-11(12-7-19-8-23-12)21-14(5-9)22-13-6-10(2-3-20-13)15(16,17)18;1-16-12(15)9-6-5-7-8(11(9)13)3-2-4-10(7)14/h5-7,9-13,37H,3-4,8H2,1-2H3,(H,32,34,35);2-8H,1H3,(H,20,21,22);5-6H,2-4H2,1H3. The van der Waals surface area contributed by atoms with E-state index in [1.807, 2.05) is 26.0 Å².